The molecule has 0 atom stereocenters. The minimum atomic E-state index is 0.717. The van der Waals surface area contributed by atoms with Crippen LogP contribution < -0.4 is 15.4 Å². The van der Waals surface area contributed by atoms with Gasteiger partial charge in [-0.25, -0.2) is 0 Å². The second-order valence-electron chi connectivity index (χ2n) is 4.03. The van der Waals surface area contributed by atoms with E-state index in [0.29, 0.717) is 6.54 Å². The van der Waals surface area contributed by atoms with Crippen LogP contribution >= 0.6 is 0 Å². The van der Waals surface area contributed by atoms with Gasteiger partial charge in [0.2, 0.25) is 0 Å². The van der Waals surface area contributed by atoms with Crippen molar-refractivity contribution in [3.8, 4) is 5.75 Å². The van der Waals surface area contributed by atoms with Gasteiger partial charge in [0.1, 0.15) is 5.75 Å². The molecule has 2 N–H and O–H groups in total. The van der Waals surface area contributed by atoms with Gasteiger partial charge >= 0.3 is 0 Å². The molecule has 0 bridgehead atoms. The average molecular weight is 261 g/mol. The smallest absolute Gasteiger partial charge is 0.191 e. The molecule has 0 aromatic heterocycles. The molecule has 4 heteroatoms. The molecule has 0 fully saturated rings. The molecule has 0 heterocycles. The summed E-state index contributed by atoms with van der Waals surface area (Å²) in [5.41, 5.74) is 1.25. The third kappa shape index (κ3) is 5.95. The maximum atomic E-state index is 5.13. The zero-order valence-corrected chi connectivity index (χ0v) is 11.8. The van der Waals surface area contributed by atoms with Crippen LogP contribution in [-0.2, 0) is 6.42 Å². The van der Waals surface area contributed by atoms with Gasteiger partial charge in [0.05, 0.1) is 7.11 Å². The fourth-order valence-corrected chi connectivity index (χ4v) is 1.60. The van der Waals surface area contributed by atoms with Crippen LogP contribution in [0.3, 0.4) is 0 Å². The number of nitrogens with zero attached hydrogens (tertiary/aromatic N) is 1. The van der Waals surface area contributed by atoms with E-state index in [1.54, 1.807) is 7.11 Å². The van der Waals surface area contributed by atoms with Crippen LogP contribution in [0.25, 0.3) is 0 Å². The Morgan fingerprint density at radius 1 is 1.32 bits per heavy atom. The van der Waals surface area contributed by atoms with Crippen molar-refractivity contribution in [1.29, 1.82) is 0 Å². The van der Waals surface area contributed by atoms with Crippen molar-refractivity contribution in [2.24, 2.45) is 4.99 Å². The molecular weight excluding hydrogens is 238 g/mol. The zero-order valence-electron chi connectivity index (χ0n) is 11.8. The van der Waals surface area contributed by atoms with Crippen LogP contribution in [0.15, 0.2) is 41.9 Å². The van der Waals surface area contributed by atoms with Crippen LogP contribution in [0, 0.1) is 0 Å². The van der Waals surface area contributed by atoms with Crippen molar-refractivity contribution >= 4 is 5.96 Å². The first-order chi connectivity index (χ1) is 9.30. The molecule has 0 spiro atoms. The summed E-state index contributed by atoms with van der Waals surface area (Å²) in [5.74, 6) is 1.71. The molecular formula is C15H23N3O. The molecule has 0 saturated carbocycles. The van der Waals surface area contributed by atoms with Gasteiger partial charge in [0.15, 0.2) is 5.96 Å². The Balaban J connectivity index is 2.45. The first-order valence-electron chi connectivity index (χ1n) is 6.56. The number of hydrogen-bond acceptors (Lipinski definition) is 2. The third-order valence-electron chi connectivity index (χ3n) is 2.59. The maximum absolute atomic E-state index is 5.13. The molecule has 0 aliphatic heterocycles. The van der Waals surface area contributed by atoms with Crippen molar-refractivity contribution in [1.82, 2.24) is 10.6 Å². The lowest BCUT2D eigenvalue weighted by Gasteiger charge is -2.09. The van der Waals surface area contributed by atoms with E-state index >= 15 is 0 Å². The first-order valence-corrected chi connectivity index (χ1v) is 6.56. The summed E-state index contributed by atoms with van der Waals surface area (Å²) in [6, 6.07) is 8.08. The Kier molecular flexibility index (Phi) is 7.17. The summed E-state index contributed by atoms with van der Waals surface area (Å²) in [7, 11) is 1.67. The van der Waals surface area contributed by atoms with Gasteiger partial charge in [-0.1, -0.05) is 18.2 Å². The number of aliphatic imine (C=N–C) groups is 1. The molecule has 1 aromatic carbocycles. The van der Waals surface area contributed by atoms with E-state index in [0.717, 1.165) is 31.2 Å². The van der Waals surface area contributed by atoms with Gasteiger partial charge in [-0.05, 0) is 31.0 Å². The van der Waals surface area contributed by atoms with Crippen LogP contribution in [0.4, 0.5) is 0 Å². The van der Waals surface area contributed by atoms with Crippen LogP contribution in [-0.4, -0.2) is 32.7 Å². The van der Waals surface area contributed by atoms with Crippen LogP contribution in [0.2, 0.25) is 0 Å². The summed E-state index contributed by atoms with van der Waals surface area (Å²) < 4.78 is 5.13. The molecule has 0 radical (unpaired) electrons. The van der Waals surface area contributed by atoms with Gasteiger partial charge in [-0.2, -0.15) is 0 Å². The number of rotatable bonds is 7. The molecule has 19 heavy (non-hydrogen) atoms. The number of nitrogens with one attached hydrogen (secondary N) is 2. The largest absolute Gasteiger partial charge is 0.497 e. The van der Waals surface area contributed by atoms with E-state index in [-0.39, 0.29) is 0 Å². The van der Waals surface area contributed by atoms with Crippen molar-refractivity contribution in [2.75, 3.05) is 26.7 Å². The normalized spacial score (nSPS) is 10.9. The summed E-state index contributed by atoms with van der Waals surface area (Å²) >= 11 is 0. The van der Waals surface area contributed by atoms with Crippen molar-refractivity contribution < 1.29 is 4.74 Å². The Hall–Kier alpha value is -1.97. The molecule has 0 aliphatic rings. The Labute approximate surface area is 115 Å². The highest BCUT2D eigenvalue weighted by Crippen LogP contribution is 2.11. The van der Waals surface area contributed by atoms with Gasteiger partial charge in [-0.3, -0.25) is 4.99 Å². The van der Waals surface area contributed by atoms with Crippen molar-refractivity contribution in [2.45, 2.75) is 13.3 Å². The highest BCUT2D eigenvalue weighted by atomic mass is 16.5. The quantitative estimate of drug-likeness (QED) is 0.448. The topological polar surface area (TPSA) is 45.7 Å². The second kappa shape index (κ2) is 9.03. The van der Waals surface area contributed by atoms with E-state index in [4.69, 9.17) is 4.74 Å². The number of hydrogen-bond donors (Lipinski definition) is 2. The predicted octanol–water partition coefficient (Wildman–Crippen LogP) is 1.98. The standard InChI is InChI=1S/C15H23N3O/c1-4-11-17-15(16-5-2)18-12-10-13-6-8-14(19-3)9-7-13/h4,6-9H,1,5,10-12H2,2-3H3,(H2,16,17,18). The lowest BCUT2D eigenvalue weighted by Crippen LogP contribution is -2.37. The monoisotopic (exact) mass is 261 g/mol. The first kappa shape index (κ1) is 15.1. The third-order valence-corrected chi connectivity index (χ3v) is 2.59. The minimum absolute atomic E-state index is 0.717. The molecule has 0 aliphatic carbocycles. The van der Waals surface area contributed by atoms with E-state index in [1.165, 1.54) is 5.56 Å². The molecule has 0 saturated heterocycles. The van der Waals surface area contributed by atoms with E-state index < -0.39 is 0 Å². The Bertz CT molecular complexity index is 398. The van der Waals surface area contributed by atoms with E-state index in [2.05, 4.69) is 41.3 Å². The van der Waals surface area contributed by atoms with Crippen molar-refractivity contribution in [3.05, 3.63) is 42.5 Å². The highest BCUT2D eigenvalue weighted by Gasteiger charge is 1.96. The van der Waals surface area contributed by atoms with Crippen LogP contribution in [0.1, 0.15) is 12.5 Å². The van der Waals surface area contributed by atoms with Crippen molar-refractivity contribution in [3.63, 3.8) is 0 Å². The van der Waals surface area contributed by atoms with Crippen LogP contribution in [0.5, 0.6) is 5.75 Å². The summed E-state index contributed by atoms with van der Waals surface area (Å²) in [6.45, 7) is 8.05. The maximum Gasteiger partial charge on any atom is 0.191 e. The fourth-order valence-electron chi connectivity index (χ4n) is 1.60. The van der Waals surface area contributed by atoms with E-state index in [9.17, 15) is 0 Å². The van der Waals surface area contributed by atoms with Gasteiger partial charge in [-0.15, -0.1) is 6.58 Å². The average Bonchev–Trinajstić information content (AvgIpc) is 2.45. The van der Waals surface area contributed by atoms with Gasteiger partial charge < -0.3 is 15.4 Å². The summed E-state index contributed by atoms with van der Waals surface area (Å²) in [5, 5.41) is 6.37. The molecule has 0 unspecified atom stereocenters. The summed E-state index contributed by atoms with van der Waals surface area (Å²) in [4.78, 5) is 4.50. The van der Waals surface area contributed by atoms with E-state index in [1.807, 2.05) is 18.2 Å². The molecule has 104 valence electrons. The number of guanidine groups is 1. The molecule has 0 amide bonds. The lowest BCUT2D eigenvalue weighted by molar-refractivity contribution is 0.414. The second-order valence-corrected chi connectivity index (χ2v) is 4.03. The highest BCUT2D eigenvalue weighted by molar-refractivity contribution is 5.79. The Morgan fingerprint density at radius 2 is 2.05 bits per heavy atom. The molecule has 1 rings (SSSR count). The zero-order chi connectivity index (χ0) is 13.9. The van der Waals surface area contributed by atoms with Gasteiger partial charge in [0, 0.05) is 19.6 Å². The lowest BCUT2D eigenvalue weighted by atomic mass is 10.1. The fraction of sp³-hybridized carbons (Fsp3) is 0.400. The minimum Gasteiger partial charge on any atom is -0.497 e. The number of methoxy groups -OCH3 is 1. The SMILES string of the molecule is C=CCNC(=NCCc1ccc(OC)cc1)NCC. The molecule has 4 nitrogen and oxygen atoms in total. The Morgan fingerprint density at radius 3 is 2.63 bits per heavy atom. The predicted molar refractivity (Wildman–Crippen MR) is 80.9 cm³/mol. The summed E-state index contributed by atoms with van der Waals surface area (Å²) in [6.07, 6.45) is 2.73. The van der Waals surface area contributed by atoms with Gasteiger partial charge in [0.25, 0.3) is 0 Å². The molecule has 1 aromatic rings. The number of benzene rings is 1. The number of ether oxygens (including phenoxy) is 1.